The lowest BCUT2D eigenvalue weighted by Gasteiger charge is -2.30. The lowest BCUT2D eigenvalue weighted by Crippen LogP contribution is -2.42. The lowest BCUT2D eigenvalue weighted by atomic mass is 10.0. The van der Waals surface area contributed by atoms with Crippen molar-refractivity contribution in [3.8, 4) is 0 Å². The van der Waals surface area contributed by atoms with Gasteiger partial charge in [-0.2, -0.15) is 0 Å². The van der Waals surface area contributed by atoms with E-state index in [1.165, 1.54) is 6.07 Å². The summed E-state index contributed by atoms with van der Waals surface area (Å²) < 4.78 is 13.0. The average molecular weight is 314 g/mol. The van der Waals surface area contributed by atoms with Crippen molar-refractivity contribution < 1.29 is 9.18 Å². The summed E-state index contributed by atoms with van der Waals surface area (Å²) in [7, 11) is 0. The maximum absolute atomic E-state index is 13.0. The van der Waals surface area contributed by atoms with Crippen LogP contribution in [0.25, 0.3) is 0 Å². The molecular weight excluding hydrogens is 297 g/mol. The molecule has 98 valence electrons. The number of carbonyl (C=O) groups excluding carboxylic acids is 1. The average Bonchev–Trinajstić information content (AvgIpc) is 2.33. The standard InChI is InChI=1S/C14H17BrFNO/c1-10-9-12(16)5-4-11(10)6-8-17-7-2-3-13(15)14(17)18/h4-5,9,13H,2-3,6-8H2,1H3. The monoisotopic (exact) mass is 313 g/mol. The van der Waals surface area contributed by atoms with Gasteiger partial charge in [0.15, 0.2) is 0 Å². The van der Waals surface area contributed by atoms with Crippen molar-refractivity contribution in [3.63, 3.8) is 0 Å². The summed E-state index contributed by atoms with van der Waals surface area (Å²) in [5.41, 5.74) is 2.07. The second-order valence-corrected chi connectivity index (χ2v) is 5.86. The Kier molecular flexibility index (Phi) is 4.38. The fourth-order valence-corrected chi connectivity index (χ4v) is 2.92. The number of hydrogen-bond acceptors (Lipinski definition) is 1. The fourth-order valence-electron chi connectivity index (χ4n) is 2.31. The van der Waals surface area contributed by atoms with Crippen molar-refractivity contribution in [1.29, 1.82) is 0 Å². The molecule has 1 atom stereocenters. The zero-order valence-corrected chi connectivity index (χ0v) is 12.0. The first-order chi connectivity index (χ1) is 8.58. The summed E-state index contributed by atoms with van der Waals surface area (Å²) in [6, 6.07) is 4.83. The molecule has 1 fully saturated rings. The van der Waals surface area contributed by atoms with Crippen molar-refractivity contribution in [2.24, 2.45) is 0 Å². The van der Waals surface area contributed by atoms with Crippen molar-refractivity contribution in [3.05, 3.63) is 35.1 Å². The first kappa shape index (κ1) is 13.5. The first-order valence-electron chi connectivity index (χ1n) is 6.26. The quantitative estimate of drug-likeness (QED) is 0.785. The van der Waals surface area contributed by atoms with E-state index in [1.807, 2.05) is 17.9 Å². The van der Waals surface area contributed by atoms with Crippen molar-refractivity contribution >= 4 is 21.8 Å². The van der Waals surface area contributed by atoms with Gasteiger partial charge < -0.3 is 4.90 Å². The van der Waals surface area contributed by atoms with E-state index in [0.717, 1.165) is 36.9 Å². The van der Waals surface area contributed by atoms with E-state index >= 15 is 0 Å². The van der Waals surface area contributed by atoms with Gasteiger partial charge in [-0.1, -0.05) is 22.0 Å². The number of nitrogens with zero attached hydrogens (tertiary/aromatic N) is 1. The first-order valence-corrected chi connectivity index (χ1v) is 7.17. The molecule has 1 unspecified atom stereocenters. The van der Waals surface area contributed by atoms with Crippen molar-refractivity contribution in [1.82, 2.24) is 4.90 Å². The van der Waals surface area contributed by atoms with Crippen LogP contribution in [0.4, 0.5) is 4.39 Å². The van der Waals surface area contributed by atoms with Gasteiger partial charge in [-0.15, -0.1) is 0 Å². The number of halogens is 2. The van der Waals surface area contributed by atoms with Gasteiger partial charge in [0.1, 0.15) is 5.82 Å². The summed E-state index contributed by atoms with van der Waals surface area (Å²) in [6.45, 7) is 3.46. The lowest BCUT2D eigenvalue weighted by molar-refractivity contribution is -0.132. The van der Waals surface area contributed by atoms with Crippen LogP contribution in [0.2, 0.25) is 0 Å². The minimum atomic E-state index is -0.203. The number of carbonyl (C=O) groups is 1. The number of amides is 1. The Hall–Kier alpha value is -0.900. The SMILES string of the molecule is Cc1cc(F)ccc1CCN1CCCC(Br)C1=O. The predicted molar refractivity (Wildman–Crippen MR) is 73.4 cm³/mol. The molecule has 1 aliphatic heterocycles. The predicted octanol–water partition coefficient (Wildman–Crippen LogP) is 3.06. The maximum atomic E-state index is 13.0. The van der Waals surface area contributed by atoms with E-state index in [1.54, 1.807) is 6.07 Å². The molecule has 0 bridgehead atoms. The van der Waals surface area contributed by atoms with Gasteiger partial charge in [-0.25, -0.2) is 4.39 Å². The molecule has 1 aliphatic rings. The molecule has 0 saturated carbocycles. The van der Waals surface area contributed by atoms with E-state index < -0.39 is 0 Å². The Labute approximate surface area is 115 Å². The van der Waals surface area contributed by atoms with Crippen LogP contribution >= 0.6 is 15.9 Å². The highest BCUT2D eigenvalue weighted by Crippen LogP contribution is 2.19. The Bertz CT molecular complexity index is 449. The Balaban J connectivity index is 1.96. The molecule has 1 aromatic carbocycles. The Morgan fingerprint density at radius 2 is 2.28 bits per heavy atom. The Morgan fingerprint density at radius 3 is 3.00 bits per heavy atom. The van der Waals surface area contributed by atoms with E-state index in [2.05, 4.69) is 15.9 Å². The smallest absolute Gasteiger partial charge is 0.236 e. The van der Waals surface area contributed by atoms with E-state index in [4.69, 9.17) is 0 Å². The minimum absolute atomic E-state index is 0.0273. The summed E-state index contributed by atoms with van der Waals surface area (Å²) in [6.07, 6.45) is 2.76. The third-order valence-corrected chi connectivity index (χ3v) is 4.27. The third kappa shape index (κ3) is 3.10. The van der Waals surface area contributed by atoms with E-state index in [0.29, 0.717) is 6.54 Å². The topological polar surface area (TPSA) is 20.3 Å². The highest BCUT2D eigenvalue weighted by Gasteiger charge is 2.25. The molecule has 4 heteroatoms. The zero-order chi connectivity index (χ0) is 13.1. The van der Waals surface area contributed by atoms with Gasteiger partial charge in [-0.3, -0.25) is 4.79 Å². The van der Waals surface area contributed by atoms with Gasteiger partial charge in [-0.05, 0) is 49.4 Å². The Morgan fingerprint density at radius 1 is 1.50 bits per heavy atom. The van der Waals surface area contributed by atoms with Gasteiger partial charge >= 0.3 is 0 Å². The molecular formula is C14H17BrFNO. The molecule has 1 saturated heterocycles. The molecule has 2 nitrogen and oxygen atoms in total. The highest BCUT2D eigenvalue weighted by atomic mass is 79.9. The van der Waals surface area contributed by atoms with Crippen LogP contribution in [-0.2, 0) is 11.2 Å². The third-order valence-electron chi connectivity index (χ3n) is 3.42. The van der Waals surface area contributed by atoms with Crippen LogP contribution in [0.5, 0.6) is 0 Å². The second-order valence-electron chi connectivity index (χ2n) is 4.76. The van der Waals surface area contributed by atoms with Crippen LogP contribution in [0, 0.1) is 12.7 Å². The highest BCUT2D eigenvalue weighted by molar-refractivity contribution is 9.10. The normalized spacial score (nSPS) is 20.3. The van der Waals surface area contributed by atoms with Crippen LogP contribution in [0.15, 0.2) is 18.2 Å². The maximum Gasteiger partial charge on any atom is 0.236 e. The number of benzene rings is 1. The summed E-state index contributed by atoms with van der Waals surface area (Å²) in [4.78, 5) is 13.8. The summed E-state index contributed by atoms with van der Waals surface area (Å²) in [5.74, 6) is -0.0214. The van der Waals surface area contributed by atoms with Gasteiger partial charge in [0.05, 0.1) is 4.83 Å². The van der Waals surface area contributed by atoms with E-state index in [9.17, 15) is 9.18 Å². The number of likely N-dealkylation sites (tertiary alicyclic amines) is 1. The molecule has 1 aromatic rings. The van der Waals surface area contributed by atoms with Crippen LogP contribution in [0.3, 0.4) is 0 Å². The van der Waals surface area contributed by atoms with Crippen molar-refractivity contribution in [2.75, 3.05) is 13.1 Å². The van der Waals surface area contributed by atoms with E-state index in [-0.39, 0.29) is 16.6 Å². The van der Waals surface area contributed by atoms with Gasteiger partial charge in [0.25, 0.3) is 0 Å². The number of alkyl halides is 1. The van der Waals surface area contributed by atoms with Crippen LogP contribution in [0.1, 0.15) is 24.0 Å². The van der Waals surface area contributed by atoms with Crippen LogP contribution in [-0.4, -0.2) is 28.7 Å². The number of piperidine rings is 1. The van der Waals surface area contributed by atoms with Crippen molar-refractivity contribution in [2.45, 2.75) is 31.0 Å². The summed E-state index contributed by atoms with van der Waals surface area (Å²) in [5, 5.41) is 0. The number of rotatable bonds is 3. The van der Waals surface area contributed by atoms with Crippen LogP contribution < -0.4 is 0 Å². The molecule has 2 rings (SSSR count). The molecule has 0 radical (unpaired) electrons. The molecule has 0 aromatic heterocycles. The molecule has 0 aliphatic carbocycles. The fraction of sp³-hybridized carbons (Fsp3) is 0.500. The molecule has 18 heavy (non-hydrogen) atoms. The summed E-state index contributed by atoms with van der Waals surface area (Å²) >= 11 is 3.40. The largest absolute Gasteiger partial charge is 0.341 e. The van der Waals surface area contributed by atoms with Gasteiger partial charge in [0.2, 0.25) is 5.91 Å². The zero-order valence-electron chi connectivity index (χ0n) is 10.5. The number of aryl methyl sites for hydroxylation is 1. The molecule has 0 spiro atoms. The minimum Gasteiger partial charge on any atom is -0.341 e. The molecule has 0 N–H and O–H groups in total. The second kappa shape index (κ2) is 5.83. The molecule has 1 heterocycles. The van der Waals surface area contributed by atoms with Gasteiger partial charge in [0, 0.05) is 13.1 Å². The number of hydrogen-bond donors (Lipinski definition) is 0. The molecule has 1 amide bonds.